The Labute approximate surface area is 167 Å². The maximum atomic E-state index is 13.4. The van der Waals surface area contributed by atoms with E-state index in [2.05, 4.69) is 11.4 Å². The Morgan fingerprint density at radius 1 is 1.11 bits per heavy atom. The molecule has 2 aromatic carbocycles. The van der Waals surface area contributed by atoms with Gasteiger partial charge in [-0.15, -0.1) is 0 Å². The van der Waals surface area contributed by atoms with Crippen molar-refractivity contribution in [3.8, 4) is 0 Å². The van der Waals surface area contributed by atoms with Crippen molar-refractivity contribution in [1.29, 1.82) is 0 Å². The van der Waals surface area contributed by atoms with Crippen LogP contribution in [0.5, 0.6) is 0 Å². The number of thioether (sulfide) groups is 1. The summed E-state index contributed by atoms with van der Waals surface area (Å²) in [5, 5.41) is 3.61. The number of benzene rings is 2. The Morgan fingerprint density at radius 3 is 2.71 bits per heavy atom. The number of hydrogen-bond donors (Lipinski definition) is 1. The van der Waals surface area contributed by atoms with Crippen molar-refractivity contribution in [2.75, 3.05) is 18.5 Å². The van der Waals surface area contributed by atoms with E-state index in [1.807, 2.05) is 30.0 Å². The van der Waals surface area contributed by atoms with E-state index in [-0.39, 0.29) is 17.7 Å². The molecule has 2 aliphatic rings. The van der Waals surface area contributed by atoms with E-state index < -0.39 is 11.6 Å². The van der Waals surface area contributed by atoms with Crippen LogP contribution >= 0.6 is 11.8 Å². The zero-order chi connectivity index (χ0) is 19.5. The van der Waals surface area contributed by atoms with E-state index in [0.29, 0.717) is 17.2 Å². The lowest BCUT2D eigenvalue weighted by molar-refractivity contribution is -0.117. The standard InChI is InChI=1S/C22H23F2NO2S/c23-20-5-4-15(11-21(20)24)18-12-19(18)22(26)25-16-3-1-2-14(10-16)13-28-17-6-8-27-9-7-17/h1-5,10-11,17-19H,6-9,12-13H2,(H,25,26). The summed E-state index contributed by atoms with van der Waals surface area (Å²) in [4.78, 5) is 12.5. The lowest BCUT2D eigenvalue weighted by atomic mass is 10.1. The molecule has 3 nitrogen and oxygen atoms in total. The van der Waals surface area contributed by atoms with E-state index in [4.69, 9.17) is 4.74 Å². The van der Waals surface area contributed by atoms with E-state index in [9.17, 15) is 13.6 Å². The second-order valence-electron chi connectivity index (χ2n) is 7.43. The van der Waals surface area contributed by atoms with Crippen LogP contribution in [-0.4, -0.2) is 24.4 Å². The molecule has 1 saturated heterocycles. The minimum absolute atomic E-state index is 0.0395. The number of carbonyl (C=O) groups is 1. The lowest BCUT2D eigenvalue weighted by Gasteiger charge is -2.21. The van der Waals surface area contributed by atoms with Gasteiger partial charge in [0.05, 0.1) is 0 Å². The SMILES string of the molecule is O=C(Nc1cccc(CSC2CCOCC2)c1)C1CC1c1ccc(F)c(F)c1. The second-order valence-corrected chi connectivity index (χ2v) is 8.72. The van der Waals surface area contributed by atoms with E-state index in [0.717, 1.165) is 43.6 Å². The number of anilines is 1. The Kier molecular flexibility index (Phi) is 5.97. The quantitative estimate of drug-likeness (QED) is 0.728. The van der Waals surface area contributed by atoms with Crippen LogP contribution in [-0.2, 0) is 15.3 Å². The maximum Gasteiger partial charge on any atom is 0.228 e. The number of carbonyl (C=O) groups excluding carboxylic acids is 1. The summed E-state index contributed by atoms with van der Waals surface area (Å²) in [6.07, 6.45) is 2.85. The molecule has 4 rings (SSSR count). The highest BCUT2D eigenvalue weighted by molar-refractivity contribution is 7.99. The highest BCUT2D eigenvalue weighted by atomic mass is 32.2. The predicted octanol–water partition coefficient (Wildman–Crippen LogP) is 5.12. The molecule has 2 unspecified atom stereocenters. The molecule has 1 amide bonds. The van der Waals surface area contributed by atoms with Crippen LogP contribution in [0.1, 0.15) is 36.3 Å². The van der Waals surface area contributed by atoms with Crippen molar-refractivity contribution in [3.05, 3.63) is 65.2 Å². The Morgan fingerprint density at radius 2 is 1.93 bits per heavy atom. The highest BCUT2D eigenvalue weighted by Gasteiger charge is 2.44. The largest absolute Gasteiger partial charge is 0.381 e. The first-order chi connectivity index (χ1) is 13.6. The number of halogens is 2. The average molecular weight is 403 g/mol. The molecule has 148 valence electrons. The first kappa shape index (κ1) is 19.4. The van der Waals surface area contributed by atoms with Gasteiger partial charge in [0, 0.05) is 35.8 Å². The summed E-state index contributed by atoms with van der Waals surface area (Å²) in [6.45, 7) is 1.68. The number of hydrogen-bond acceptors (Lipinski definition) is 3. The topological polar surface area (TPSA) is 38.3 Å². The Hall–Kier alpha value is -1.92. The van der Waals surface area contributed by atoms with Gasteiger partial charge in [-0.25, -0.2) is 8.78 Å². The lowest BCUT2D eigenvalue weighted by Crippen LogP contribution is -2.17. The molecule has 1 aliphatic heterocycles. The molecule has 1 heterocycles. The number of ether oxygens (including phenoxy) is 1. The fraction of sp³-hybridized carbons (Fsp3) is 0.409. The van der Waals surface area contributed by atoms with Crippen LogP contribution in [0.2, 0.25) is 0 Å². The highest BCUT2D eigenvalue weighted by Crippen LogP contribution is 2.48. The zero-order valence-electron chi connectivity index (χ0n) is 15.5. The molecule has 1 N–H and O–H groups in total. The van der Waals surface area contributed by atoms with E-state index >= 15 is 0 Å². The smallest absolute Gasteiger partial charge is 0.228 e. The summed E-state index contributed by atoms with van der Waals surface area (Å²) in [7, 11) is 0. The van der Waals surface area contributed by atoms with Gasteiger partial charge in [-0.2, -0.15) is 11.8 Å². The minimum atomic E-state index is -0.863. The number of nitrogens with one attached hydrogen (secondary N) is 1. The third kappa shape index (κ3) is 4.73. The molecule has 0 aromatic heterocycles. The van der Waals surface area contributed by atoms with E-state index in [1.54, 1.807) is 6.07 Å². The van der Waals surface area contributed by atoms with Crippen LogP contribution in [0.25, 0.3) is 0 Å². The molecule has 2 fully saturated rings. The summed E-state index contributed by atoms with van der Waals surface area (Å²) >= 11 is 1.94. The van der Waals surface area contributed by atoms with Gasteiger partial charge in [0.2, 0.25) is 5.91 Å². The molecule has 0 bridgehead atoms. The van der Waals surface area contributed by atoms with Crippen molar-refractivity contribution in [2.45, 2.75) is 36.2 Å². The molecule has 28 heavy (non-hydrogen) atoms. The van der Waals surface area contributed by atoms with Gasteiger partial charge < -0.3 is 10.1 Å². The molecule has 6 heteroatoms. The molecule has 0 spiro atoms. The van der Waals surface area contributed by atoms with Crippen molar-refractivity contribution < 1.29 is 18.3 Å². The van der Waals surface area contributed by atoms with Gasteiger partial charge in [-0.3, -0.25) is 4.79 Å². The number of rotatable bonds is 6. The third-order valence-electron chi connectivity index (χ3n) is 5.35. The summed E-state index contributed by atoms with van der Waals surface area (Å²) in [5.74, 6) is -1.11. The van der Waals surface area contributed by atoms with Gasteiger partial charge in [-0.1, -0.05) is 18.2 Å². The van der Waals surface area contributed by atoms with Crippen LogP contribution in [0.3, 0.4) is 0 Å². The second kappa shape index (κ2) is 8.62. The molecular weight excluding hydrogens is 380 g/mol. The molecule has 2 atom stereocenters. The Bertz CT molecular complexity index is 854. The van der Waals surface area contributed by atoms with Crippen LogP contribution in [0, 0.1) is 17.6 Å². The first-order valence-corrected chi connectivity index (χ1v) is 10.7. The van der Waals surface area contributed by atoms with Gasteiger partial charge in [0.15, 0.2) is 11.6 Å². The van der Waals surface area contributed by atoms with Crippen molar-refractivity contribution in [2.24, 2.45) is 5.92 Å². The predicted molar refractivity (Wildman–Crippen MR) is 107 cm³/mol. The van der Waals surface area contributed by atoms with Crippen molar-refractivity contribution >= 4 is 23.4 Å². The first-order valence-electron chi connectivity index (χ1n) is 9.64. The van der Waals surface area contributed by atoms with Crippen LogP contribution in [0.15, 0.2) is 42.5 Å². The summed E-state index contributed by atoms with van der Waals surface area (Å²) < 4.78 is 31.9. The molecule has 0 radical (unpaired) electrons. The van der Waals surface area contributed by atoms with Gasteiger partial charge >= 0.3 is 0 Å². The fourth-order valence-electron chi connectivity index (χ4n) is 3.63. The maximum absolute atomic E-state index is 13.4. The minimum Gasteiger partial charge on any atom is -0.381 e. The van der Waals surface area contributed by atoms with Gasteiger partial charge in [0.25, 0.3) is 0 Å². The van der Waals surface area contributed by atoms with Crippen molar-refractivity contribution in [1.82, 2.24) is 0 Å². The van der Waals surface area contributed by atoms with Gasteiger partial charge in [0.1, 0.15) is 0 Å². The Balaban J connectivity index is 1.31. The van der Waals surface area contributed by atoms with Crippen LogP contribution in [0.4, 0.5) is 14.5 Å². The normalized spacial score (nSPS) is 22.1. The van der Waals surface area contributed by atoms with Crippen LogP contribution < -0.4 is 5.32 Å². The fourth-order valence-corrected chi connectivity index (χ4v) is 4.76. The third-order valence-corrected chi connectivity index (χ3v) is 6.79. The number of amides is 1. The summed E-state index contributed by atoms with van der Waals surface area (Å²) in [5.41, 5.74) is 2.65. The zero-order valence-corrected chi connectivity index (χ0v) is 16.3. The summed E-state index contributed by atoms with van der Waals surface area (Å²) in [6, 6.07) is 11.8. The van der Waals surface area contributed by atoms with E-state index in [1.165, 1.54) is 11.6 Å². The van der Waals surface area contributed by atoms with Gasteiger partial charge in [-0.05, 0) is 60.6 Å². The van der Waals surface area contributed by atoms with Crippen molar-refractivity contribution in [3.63, 3.8) is 0 Å². The molecular formula is C22H23F2NO2S. The molecule has 1 saturated carbocycles. The monoisotopic (exact) mass is 403 g/mol. The molecule has 1 aliphatic carbocycles. The average Bonchev–Trinajstić information content (AvgIpc) is 3.51. The molecule has 2 aromatic rings.